The topological polar surface area (TPSA) is 166 Å². The summed E-state index contributed by atoms with van der Waals surface area (Å²) in [6.45, 7) is 2.41. The van der Waals surface area contributed by atoms with Gasteiger partial charge in [-0.15, -0.1) is 0 Å². The van der Waals surface area contributed by atoms with Gasteiger partial charge in [-0.1, -0.05) is 0 Å². The van der Waals surface area contributed by atoms with Gasteiger partial charge in [0, 0.05) is 0 Å². The molecule has 0 spiro atoms. The van der Waals surface area contributed by atoms with Crippen LogP contribution in [0.4, 0.5) is 0 Å². The van der Waals surface area contributed by atoms with Crippen molar-refractivity contribution in [3.8, 4) is 0 Å². The Labute approximate surface area is 111 Å². The summed E-state index contributed by atoms with van der Waals surface area (Å²) in [7, 11) is -14.5. The van der Waals surface area contributed by atoms with E-state index in [1.54, 1.807) is 0 Å². The Balaban J connectivity index is 5.93. The fourth-order valence-corrected chi connectivity index (χ4v) is 3.60. The average Bonchev–Trinajstić information content (AvgIpc) is 2.13. The molecule has 3 unspecified atom stereocenters. The van der Waals surface area contributed by atoms with Crippen LogP contribution in [0.3, 0.4) is 0 Å². The van der Waals surface area contributed by atoms with Crippen molar-refractivity contribution in [1.29, 1.82) is 0 Å². The third-order valence-electron chi connectivity index (χ3n) is 2.55. The standard InChI is InChI=1S/C6H15NO9S3/c1-4(17(8,9)10)7(5(2)18(11,12)13)6(3)19(14,15)16/h4-6H,1-3H3,(H,8,9,10)(H,11,12,13)(H,14,15,16). The predicted octanol–water partition coefficient (Wildman–Crippen LogP) is -1.01. The minimum atomic E-state index is -4.84. The van der Waals surface area contributed by atoms with E-state index in [2.05, 4.69) is 0 Å². The van der Waals surface area contributed by atoms with E-state index < -0.39 is 46.5 Å². The molecule has 0 aromatic carbocycles. The minimum absolute atomic E-state index is 0.236. The summed E-state index contributed by atoms with van der Waals surface area (Å²) in [4.78, 5) is 0.236. The maximum Gasteiger partial charge on any atom is 0.281 e. The van der Waals surface area contributed by atoms with E-state index in [9.17, 15) is 25.3 Å². The molecule has 13 heteroatoms. The van der Waals surface area contributed by atoms with Crippen LogP contribution < -0.4 is 0 Å². The van der Waals surface area contributed by atoms with E-state index in [0.29, 0.717) is 0 Å². The Kier molecular flexibility index (Phi) is 5.50. The lowest BCUT2D eigenvalue weighted by molar-refractivity contribution is 0.204. The highest BCUT2D eigenvalue weighted by atomic mass is 32.2. The first-order valence-corrected chi connectivity index (χ1v) is 9.27. The van der Waals surface area contributed by atoms with Crippen LogP contribution in [-0.2, 0) is 30.4 Å². The SMILES string of the molecule is CC(N(C(C)S(=O)(=O)O)C(C)S(=O)(=O)O)S(=O)(=O)O. The third kappa shape index (κ3) is 4.94. The van der Waals surface area contributed by atoms with Gasteiger partial charge in [-0.3, -0.25) is 13.7 Å². The summed E-state index contributed by atoms with van der Waals surface area (Å²) in [5.41, 5.74) is 0. The zero-order valence-electron chi connectivity index (χ0n) is 10.2. The van der Waals surface area contributed by atoms with Crippen molar-refractivity contribution in [3.63, 3.8) is 0 Å². The van der Waals surface area contributed by atoms with E-state index in [-0.39, 0.29) is 4.90 Å². The predicted molar refractivity (Wildman–Crippen MR) is 64.9 cm³/mol. The Morgan fingerprint density at radius 1 is 0.632 bits per heavy atom. The van der Waals surface area contributed by atoms with Crippen LogP contribution in [0.5, 0.6) is 0 Å². The molecule has 0 rings (SSSR count). The zero-order chi connectivity index (χ0) is 15.8. The van der Waals surface area contributed by atoms with Gasteiger partial charge in [-0.2, -0.15) is 25.3 Å². The summed E-state index contributed by atoms with van der Waals surface area (Å²) in [5, 5.41) is -5.95. The summed E-state index contributed by atoms with van der Waals surface area (Å²) in [6, 6.07) is 0. The molecule has 0 amide bonds. The van der Waals surface area contributed by atoms with Crippen molar-refractivity contribution in [1.82, 2.24) is 4.90 Å². The maximum absolute atomic E-state index is 11.0. The normalized spacial score (nSPS) is 19.1. The van der Waals surface area contributed by atoms with Crippen LogP contribution in [0.1, 0.15) is 20.8 Å². The van der Waals surface area contributed by atoms with E-state index >= 15 is 0 Å². The lowest BCUT2D eigenvalue weighted by atomic mass is 10.5. The summed E-state index contributed by atoms with van der Waals surface area (Å²) in [6.07, 6.45) is 0. The van der Waals surface area contributed by atoms with E-state index in [0.717, 1.165) is 20.8 Å². The molecule has 0 heterocycles. The molecule has 19 heavy (non-hydrogen) atoms. The quantitative estimate of drug-likeness (QED) is 0.509. The highest BCUT2D eigenvalue weighted by Gasteiger charge is 2.42. The molecule has 10 nitrogen and oxygen atoms in total. The van der Waals surface area contributed by atoms with Crippen molar-refractivity contribution in [2.45, 2.75) is 36.9 Å². The van der Waals surface area contributed by atoms with Crippen LogP contribution in [-0.4, -0.2) is 59.9 Å². The molecule has 0 aliphatic carbocycles. The largest absolute Gasteiger partial charge is 0.284 e. The minimum Gasteiger partial charge on any atom is -0.284 e. The van der Waals surface area contributed by atoms with Crippen LogP contribution in [0.15, 0.2) is 0 Å². The van der Waals surface area contributed by atoms with Gasteiger partial charge in [0.15, 0.2) is 0 Å². The van der Waals surface area contributed by atoms with Gasteiger partial charge >= 0.3 is 0 Å². The first kappa shape index (κ1) is 18.7. The van der Waals surface area contributed by atoms with Crippen LogP contribution >= 0.6 is 0 Å². The summed E-state index contributed by atoms with van der Waals surface area (Å²) in [5.74, 6) is 0. The molecule has 0 saturated heterocycles. The van der Waals surface area contributed by atoms with Crippen LogP contribution in [0.25, 0.3) is 0 Å². The zero-order valence-corrected chi connectivity index (χ0v) is 12.6. The Hall–Kier alpha value is -0.310. The first-order chi connectivity index (χ1) is 8.10. The molecule has 116 valence electrons. The van der Waals surface area contributed by atoms with Crippen molar-refractivity contribution in [2.75, 3.05) is 0 Å². The van der Waals surface area contributed by atoms with Crippen molar-refractivity contribution < 1.29 is 38.9 Å². The molecule has 0 aliphatic heterocycles. The highest BCUT2D eigenvalue weighted by molar-refractivity contribution is 7.88. The molecular formula is C6H15NO9S3. The molecule has 0 aliphatic rings. The molecule has 0 radical (unpaired) electrons. The van der Waals surface area contributed by atoms with Gasteiger partial charge in [0.1, 0.15) is 16.1 Å². The molecule has 3 atom stereocenters. The van der Waals surface area contributed by atoms with Crippen molar-refractivity contribution >= 4 is 30.4 Å². The third-order valence-corrected chi connectivity index (χ3v) is 5.87. The first-order valence-electron chi connectivity index (χ1n) is 4.76. The average molecular weight is 341 g/mol. The summed E-state index contributed by atoms with van der Waals surface area (Å²) < 4.78 is 92.6. The van der Waals surface area contributed by atoms with Gasteiger partial charge in [-0.05, 0) is 20.8 Å². The highest BCUT2D eigenvalue weighted by Crippen LogP contribution is 2.20. The van der Waals surface area contributed by atoms with E-state index in [4.69, 9.17) is 13.7 Å². The van der Waals surface area contributed by atoms with Gasteiger partial charge in [-0.25, -0.2) is 4.90 Å². The molecule has 0 aromatic heterocycles. The Morgan fingerprint density at radius 2 is 0.789 bits per heavy atom. The second kappa shape index (κ2) is 5.59. The number of rotatable bonds is 6. The number of hydrogen-bond donors (Lipinski definition) is 3. The Bertz CT molecular complexity index is 529. The second-order valence-electron chi connectivity index (χ2n) is 3.79. The molecule has 0 fully saturated rings. The Morgan fingerprint density at radius 3 is 0.895 bits per heavy atom. The van der Waals surface area contributed by atoms with Crippen LogP contribution in [0, 0.1) is 0 Å². The van der Waals surface area contributed by atoms with E-state index in [1.807, 2.05) is 0 Å². The van der Waals surface area contributed by atoms with Crippen molar-refractivity contribution in [2.24, 2.45) is 0 Å². The molecule has 3 N–H and O–H groups in total. The molecule has 0 aromatic rings. The van der Waals surface area contributed by atoms with Gasteiger partial charge in [0.05, 0.1) is 0 Å². The fourth-order valence-electron chi connectivity index (χ4n) is 1.35. The lowest BCUT2D eigenvalue weighted by Crippen LogP contribution is -2.54. The maximum atomic E-state index is 11.0. The number of nitrogens with zero attached hydrogens (tertiary/aromatic N) is 1. The summed E-state index contributed by atoms with van der Waals surface area (Å²) >= 11 is 0. The molecule has 0 saturated carbocycles. The fraction of sp³-hybridized carbons (Fsp3) is 1.00. The second-order valence-corrected chi connectivity index (χ2v) is 8.93. The van der Waals surface area contributed by atoms with Gasteiger partial charge < -0.3 is 0 Å². The monoisotopic (exact) mass is 341 g/mol. The number of hydrogen-bond acceptors (Lipinski definition) is 7. The van der Waals surface area contributed by atoms with E-state index in [1.165, 1.54) is 0 Å². The van der Waals surface area contributed by atoms with Gasteiger partial charge in [0.2, 0.25) is 0 Å². The lowest BCUT2D eigenvalue weighted by Gasteiger charge is -2.33. The van der Waals surface area contributed by atoms with Crippen LogP contribution in [0.2, 0.25) is 0 Å². The van der Waals surface area contributed by atoms with Gasteiger partial charge in [0.25, 0.3) is 30.4 Å². The smallest absolute Gasteiger partial charge is 0.281 e. The van der Waals surface area contributed by atoms with Crippen molar-refractivity contribution in [3.05, 3.63) is 0 Å². The molecular weight excluding hydrogens is 326 g/mol. The molecule has 0 bridgehead atoms.